The monoisotopic (exact) mass is 297 g/mol. The van der Waals surface area contributed by atoms with Gasteiger partial charge in [-0.1, -0.05) is 12.1 Å². The van der Waals surface area contributed by atoms with E-state index >= 15 is 0 Å². The zero-order valence-electron chi connectivity index (χ0n) is 12.5. The summed E-state index contributed by atoms with van der Waals surface area (Å²) in [6.45, 7) is 1.15. The molecule has 3 N–H and O–H groups in total. The van der Waals surface area contributed by atoms with Gasteiger partial charge in [-0.2, -0.15) is 0 Å². The molecule has 0 bridgehead atoms. The van der Waals surface area contributed by atoms with E-state index in [0.717, 1.165) is 29.4 Å². The van der Waals surface area contributed by atoms with Gasteiger partial charge in [0.05, 0.1) is 12.8 Å². The highest BCUT2D eigenvalue weighted by molar-refractivity contribution is 5.99. The summed E-state index contributed by atoms with van der Waals surface area (Å²) in [5.74, 6) is 2.48. The third-order valence-corrected chi connectivity index (χ3v) is 3.51. The van der Waals surface area contributed by atoms with E-state index in [1.54, 1.807) is 7.11 Å². The highest BCUT2D eigenvalue weighted by atomic mass is 16.5. The van der Waals surface area contributed by atoms with Gasteiger partial charge in [0.2, 0.25) is 0 Å². The van der Waals surface area contributed by atoms with Crippen molar-refractivity contribution in [1.82, 2.24) is 0 Å². The van der Waals surface area contributed by atoms with Gasteiger partial charge >= 0.3 is 0 Å². The normalized spacial score (nSPS) is 14.9. The number of rotatable bonds is 4. The molecule has 3 rings (SSSR count). The largest absolute Gasteiger partial charge is 0.497 e. The van der Waals surface area contributed by atoms with E-state index in [1.807, 2.05) is 30.3 Å². The lowest BCUT2D eigenvalue weighted by molar-refractivity contribution is 0.372. The number of benzene rings is 2. The Hall–Kier alpha value is -2.69. The van der Waals surface area contributed by atoms with Crippen molar-refractivity contribution in [2.75, 3.05) is 31.3 Å². The van der Waals surface area contributed by atoms with Crippen LogP contribution in [0.2, 0.25) is 0 Å². The number of nitrogens with one attached hydrogen (secondary N) is 1. The molecule has 114 valence electrons. The lowest BCUT2D eigenvalue weighted by Gasteiger charge is -2.21. The van der Waals surface area contributed by atoms with E-state index in [9.17, 15) is 0 Å². The average molecular weight is 297 g/mol. The van der Waals surface area contributed by atoms with Gasteiger partial charge in [-0.05, 0) is 36.2 Å². The van der Waals surface area contributed by atoms with Crippen molar-refractivity contribution < 1.29 is 9.47 Å². The molecule has 5 heteroatoms. The van der Waals surface area contributed by atoms with Crippen LogP contribution in [-0.4, -0.2) is 26.1 Å². The number of aliphatic imine (C=N–C) groups is 1. The van der Waals surface area contributed by atoms with Gasteiger partial charge in [0, 0.05) is 18.3 Å². The fourth-order valence-electron chi connectivity index (χ4n) is 2.30. The van der Waals surface area contributed by atoms with Crippen LogP contribution in [0.5, 0.6) is 11.5 Å². The molecule has 22 heavy (non-hydrogen) atoms. The van der Waals surface area contributed by atoms with Gasteiger partial charge in [-0.15, -0.1) is 0 Å². The van der Waals surface area contributed by atoms with Crippen molar-refractivity contribution in [3.63, 3.8) is 0 Å². The van der Waals surface area contributed by atoms with Crippen LogP contribution >= 0.6 is 0 Å². The zero-order chi connectivity index (χ0) is 15.4. The molecule has 0 saturated carbocycles. The minimum atomic E-state index is 0.444. The van der Waals surface area contributed by atoms with Crippen molar-refractivity contribution in [1.29, 1.82) is 0 Å². The molecule has 2 aromatic carbocycles. The lowest BCUT2D eigenvalue weighted by atomic mass is 10.1. The van der Waals surface area contributed by atoms with E-state index < -0.39 is 0 Å². The third kappa shape index (κ3) is 3.31. The van der Waals surface area contributed by atoms with Gasteiger partial charge in [-0.3, -0.25) is 4.99 Å². The molecule has 0 aromatic heterocycles. The van der Waals surface area contributed by atoms with Crippen molar-refractivity contribution in [3.8, 4) is 11.5 Å². The molecular weight excluding hydrogens is 278 g/mol. The first-order valence-electron chi connectivity index (χ1n) is 7.20. The fraction of sp³-hybridized carbons (Fsp3) is 0.235. The first-order valence-corrected chi connectivity index (χ1v) is 7.20. The molecule has 0 amide bonds. The topological polar surface area (TPSA) is 68.9 Å². The summed E-state index contributed by atoms with van der Waals surface area (Å²) < 4.78 is 10.8. The number of amidine groups is 1. The zero-order valence-corrected chi connectivity index (χ0v) is 12.5. The van der Waals surface area contributed by atoms with E-state index in [2.05, 4.69) is 22.4 Å². The minimum Gasteiger partial charge on any atom is -0.497 e. The van der Waals surface area contributed by atoms with Gasteiger partial charge in [-0.25, -0.2) is 0 Å². The number of fused-ring (bicyclic) bond motifs is 1. The maximum Gasteiger partial charge on any atom is 0.146 e. The molecule has 0 atom stereocenters. The molecule has 1 aliphatic heterocycles. The molecule has 0 unspecified atom stereocenters. The van der Waals surface area contributed by atoms with Crippen LogP contribution in [-0.2, 0) is 6.42 Å². The van der Waals surface area contributed by atoms with Gasteiger partial charge in [0.1, 0.15) is 23.9 Å². The molecule has 5 nitrogen and oxygen atoms in total. The summed E-state index contributed by atoms with van der Waals surface area (Å²) in [5, 5.41) is 3.28. The van der Waals surface area contributed by atoms with Gasteiger partial charge in [0.25, 0.3) is 0 Å². The minimum absolute atomic E-state index is 0.444. The molecule has 0 radical (unpaired) electrons. The second-order valence-electron chi connectivity index (χ2n) is 5.10. The first kappa shape index (κ1) is 14.3. The number of hydrogen-bond donors (Lipinski definition) is 2. The number of ether oxygens (including phenoxy) is 2. The van der Waals surface area contributed by atoms with Crippen LogP contribution in [0, 0.1) is 0 Å². The van der Waals surface area contributed by atoms with Crippen LogP contribution in [0.1, 0.15) is 5.56 Å². The molecule has 1 heterocycles. The summed E-state index contributed by atoms with van der Waals surface area (Å²) >= 11 is 0. The Balaban J connectivity index is 1.58. The number of anilines is 2. The standard InChI is InChI=1S/C17H19N3O2/c1-21-14-5-2-12(3-6-14)8-9-19-17-11-22-16-10-13(18)4-7-15(16)20-17/h2-7,10H,8-9,11,18H2,1H3,(H,19,20). The second kappa shape index (κ2) is 6.39. The second-order valence-corrected chi connectivity index (χ2v) is 5.10. The Kier molecular flexibility index (Phi) is 4.14. The summed E-state index contributed by atoms with van der Waals surface area (Å²) in [6.07, 6.45) is 0.879. The molecule has 2 aromatic rings. The van der Waals surface area contributed by atoms with Crippen LogP contribution in [0.3, 0.4) is 0 Å². The van der Waals surface area contributed by atoms with Crippen molar-refractivity contribution in [2.24, 2.45) is 4.99 Å². The lowest BCUT2D eigenvalue weighted by Crippen LogP contribution is -2.26. The predicted molar refractivity (Wildman–Crippen MR) is 89.0 cm³/mol. The van der Waals surface area contributed by atoms with E-state index in [-0.39, 0.29) is 0 Å². The number of nitrogens with zero attached hydrogens (tertiary/aromatic N) is 1. The maximum absolute atomic E-state index is 5.73. The Morgan fingerprint density at radius 1 is 1.23 bits per heavy atom. The van der Waals surface area contributed by atoms with Crippen molar-refractivity contribution in [2.45, 2.75) is 6.42 Å². The molecule has 0 fully saturated rings. The van der Waals surface area contributed by atoms with Crippen LogP contribution in [0.25, 0.3) is 0 Å². The average Bonchev–Trinajstić information content (AvgIpc) is 2.55. The summed E-state index contributed by atoms with van der Waals surface area (Å²) in [7, 11) is 1.67. The fourth-order valence-corrected chi connectivity index (χ4v) is 2.30. The molecular formula is C17H19N3O2. The van der Waals surface area contributed by atoms with Gasteiger partial charge < -0.3 is 20.5 Å². The number of methoxy groups -OCH3 is 1. The molecule has 0 saturated heterocycles. The predicted octanol–water partition coefficient (Wildman–Crippen LogP) is 2.72. The third-order valence-electron chi connectivity index (χ3n) is 3.51. The SMILES string of the molecule is COc1ccc(CCN=C2COc3cc(N)ccc3N2)cc1. The summed E-state index contributed by atoms with van der Waals surface area (Å²) in [4.78, 5) is 4.56. The Bertz CT molecular complexity index is 681. The smallest absolute Gasteiger partial charge is 0.146 e. The van der Waals surface area contributed by atoms with E-state index in [1.165, 1.54) is 5.56 Å². The first-order chi connectivity index (χ1) is 10.7. The van der Waals surface area contributed by atoms with Gasteiger partial charge in [0.15, 0.2) is 0 Å². The Morgan fingerprint density at radius 3 is 2.82 bits per heavy atom. The highest BCUT2D eigenvalue weighted by Crippen LogP contribution is 2.29. The van der Waals surface area contributed by atoms with Crippen molar-refractivity contribution >= 4 is 17.2 Å². The molecule has 1 aliphatic rings. The van der Waals surface area contributed by atoms with Crippen LogP contribution in [0.4, 0.5) is 11.4 Å². The number of nitrogen functional groups attached to an aromatic ring is 1. The quantitative estimate of drug-likeness (QED) is 0.851. The van der Waals surface area contributed by atoms with Crippen LogP contribution < -0.4 is 20.5 Å². The number of nitrogens with two attached hydrogens (primary N) is 1. The summed E-state index contributed by atoms with van der Waals surface area (Å²) in [6, 6.07) is 13.6. The van der Waals surface area contributed by atoms with Crippen molar-refractivity contribution in [3.05, 3.63) is 48.0 Å². The van der Waals surface area contributed by atoms with E-state index in [4.69, 9.17) is 15.2 Å². The Labute approximate surface area is 129 Å². The summed E-state index contributed by atoms with van der Waals surface area (Å²) in [5.41, 5.74) is 8.57. The Morgan fingerprint density at radius 2 is 2.05 bits per heavy atom. The number of hydrogen-bond acceptors (Lipinski definition) is 4. The molecule has 0 spiro atoms. The highest BCUT2D eigenvalue weighted by Gasteiger charge is 2.14. The maximum atomic E-state index is 5.73. The van der Waals surface area contributed by atoms with E-state index in [0.29, 0.717) is 18.8 Å². The molecule has 0 aliphatic carbocycles. The van der Waals surface area contributed by atoms with Crippen LogP contribution in [0.15, 0.2) is 47.5 Å².